The standard InChI is InChI=1S/C20H23N3O4/c24-10-9-23-17-7-8-22(12-16(17)19(21-23)20(26)27)18(25)11-14-6-5-13-3-1-2-4-15(13)14/h1-4,14,24H,5-12H2,(H,26,27)/t14-/m1/s1. The average Bonchev–Trinajstić information content (AvgIpc) is 3.24. The minimum atomic E-state index is -1.10. The molecule has 0 bridgehead atoms. The van der Waals surface area contributed by atoms with Crippen LogP contribution in [0.25, 0.3) is 0 Å². The lowest BCUT2D eigenvalue weighted by Gasteiger charge is -2.29. The molecule has 2 N–H and O–H groups in total. The number of benzene rings is 1. The Morgan fingerprint density at radius 2 is 2.04 bits per heavy atom. The molecule has 0 radical (unpaired) electrons. The molecule has 2 heterocycles. The van der Waals surface area contributed by atoms with Crippen LogP contribution in [0.2, 0.25) is 0 Å². The molecule has 2 aliphatic rings. The van der Waals surface area contributed by atoms with Crippen LogP contribution in [0.3, 0.4) is 0 Å². The molecule has 0 fully saturated rings. The quantitative estimate of drug-likeness (QED) is 0.834. The van der Waals surface area contributed by atoms with Gasteiger partial charge in [0.1, 0.15) is 0 Å². The van der Waals surface area contributed by atoms with Crippen LogP contribution in [0.5, 0.6) is 0 Å². The third-order valence-corrected chi connectivity index (χ3v) is 5.68. The molecule has 0 spiro atoms. The van der Waals surface area contributed by atoms with Crippen molar-refractivity contribution in [1.29, 1.82) is 0 Å². The van der Waals surface area contributed by atoms with Gasteiger partial charge in [0.15, 0.2) is 5.69 Å². The van der Waals surface area contributed by atoms with Crippen LogP contribution in [0.4, 0.5) is 0 Å². The summed E-state index contributed by atoms with van der Waals surface area (Å²) >= 11 is 0. The number of aryl methyl sites for hydroxylation is 1. The van der Waals surface area contributed by atoms with E-state index in [4.69, 9.17) is 0 Å². The number of carbonyl (C=O) groups is 2. The molecule has 7 nitrogen and oxygen atoms in total. The number of aromatic nitrogens is 2. The van der Waals surface area contributed by atoms with Crippen molar-refractivity contribution in [2.24, 2.45) is 0 Å². The molecule has 7 heteroatoms. The van der Waals surface area contributed by atoms with Gasteiger partial charge in [-0.3, -0.25) is 9.48 Å². The molecular weight excluding hydrogens is 346 g/mol. The van der Waals surface area contributed by atoms with Crippen LogP contribution < -0.4 is 0 Å². The molecule has 0 saturated carbocycles. The predicted molar refractivity (Wildman–Crippen MR) is 97.5 cm³/mol. The number of carboxylic acids is 1. The summed E-state index contributed by atoms with van der Waals surface area (Å²) in [6.07, 6.45) is 3.01. The van der Waals surface area contributed by atoms with Gasteiger partial charge in [-0.25, -0.2) is 4.79 Å². The minimum absolute atomic E-state index is 0.0119. The Hall–Kier alpha value is -2.67. The SMILES string of the molecule is O=C(O)c1nn(CCO)c2c1CN(C(=O)C[C@H]1CCc3ccccc31)CC2. The highest BCUT2D eigenvalue weighted by Crippen LogP contribution is 2.36. The lowest BCUT2D eigenvalue weighted by atomic mass is 9.96. The van der Waals surface area contributed by atoms with E-state index in [1.54, 1.807) is 9.58 Å². The zero-order chi connectivity index (χ0) is 19.0. The van der Waals surface area contributed by atoms with Crippen molar-refractivity contribution in [3.05, 3.63) is 52.3 Å². The first-order chi connectivity index (χ1) is 13.1. The van der Waals surface area contributed by atoms with E-state index in [0.717, 1.165) is 18.5 Å². The van der Waals surface area contributed by atoms with Gasteiger partial charge in [-0.2, -0.15) is 5.10 Å². The van der Waals surface area contributed by atoms with Crippen LogP contribution in [0.15, 0.2) is 24.3 Å². The Labute approximate surface area is 157 Å². The zero-order valence-electron chi connectivity index (χ0n) is 15.1. The van der Waals surface area contributed by atoms with Crippen molar-refractivity contribution in [2.75, 3.05) is 13.2 Å². The molecule has 1 aliphatic carbocycles. The summed E-state index contributed by atoms with van der Waals surface area (Å²) in [6.45, 7) is 0.991. The number of hydrogen-bond acceptors (Lipinski definition) is 4. The Kier molecular flexibility index (Phi) is 4.70. The lowest BCUT2D eigenvalue weighted by molar-refractivity contribution is -0.132. The molecule has 27 heavy (non-hydrogen) atoms. The van der Waals surface area contributed by atoms with Gasteiger partial charge in [-0.1, -0.05) is 24.3 Å². The number of rotatable bonds is 5. The summed E-state index contributed by atoms with van der Waals surface area (Å²) in [5.41, 5.74) is 4.00. The van der Waals surface area contributed by atoms with E-state index in [1.807, 2.05) is 12.1 Å². The third kappa shape index (κ3) is 3.23. The number of fused-ring (bicyclic) bond motifs is 2. The van der Waals surface area contributed by atoms with Crippen molar-refractivity contribution < 1.29 is 19.8 Å². The lowest BCUT2D eigenvalue weighted by Crippen LogP contribution is -2.37. The van der Waals surface area contributed by atoms with Gasteiger partial charge in [-0.15, -0.1) is 0 Å². The van der Waals surface area contributed by atoms with Gasteiger partial charge in [0.05, 0.1) is 13.2 Å². The Morgan fingerprint density at radius 3 is 2.81 bits per heavy atom. The average molecular weight is 369 g/mol. The molecule has 1 atom stereocenters. The van der Waals surface area contributed by atoms with Gasteiger partial charge in [0.2, 0.25) is 5.91 Å². The highest BCUT2D eigenvalue weighted by Gasteiger charge is 2.32. The maximum absolute atomic E-state index is 12.9. The van der Waals surface area contributed by atoms with Crippen molar-refractivity contribution in [3.63, 3.8) is 0 Å². The molecule has 1 amide bonds. The summed E-state index contributed by atoms with van der Waals surface area (Å²) in [5, 5.41) is 22.7. The maximum Gasteiger partial charge on any atom is 0.356 e. The Bertz CT molecular complexity index is 889. The second kappa shape index (κ2) is 7.15. The monoisotopic (exact) mass is 369 g/mol. The topological polar surface area (TPSA) is 95.7 Å². The van der Waals surface area contributed by atoms with E-state index >= 15 is 0 Å². The number of aliphatic hydroxyl groups excluding tert-OH is 1. The number of amides is 1. The number of aliphatic hydroxyl groups is 1. The molecule has 4 rings (SSSR count). The van der Waals surface area contributed by atoms with E-state index in [0.29, 0.717) is 24.9 Å². The molecular formula is C20H23N3O4. The summed E-state index contributed by atoms with van der Waals surface area (Å²) in [5.74, 6) is -0.790. The minimum Gasteiger partial charge on any atom is -0.476 e. The van der Waals surface area contributed by atoms with Crippen molar-refractivity contribution >= 4 is 11.9 Å². The predicted octanol–water partition coefficient (Wildman–Crippen LogP) is 1.58. The number of carboxylic acid groups (broad SMARTS) is 1. The van der Waals surface area contributed by atoms with Crippen molar-refractivity contribution in [2.45, 2.75) is 44.7 Å². The van der Waals surface area contributed by atoms with Crippen molar-refractivity contribution in [1.82, 2.24) is 14.7 Å². The second-order valence-corrected chi connectivity index (χ2v) is 7.23. The van der Waals surface area contributed by atoms with Gasteiger partial charge >= 0.3 is 5.97 Å². The molecule has 0 saturated heterocycles. The second-order valence-electron chi connectivity index (χ2n) is 7.23. The number of carbonyl (C=O) groups excluding carboxylic acids is 1. The van der Waals surface area contributed by atoms with E-state index in [2.05, 4.69) is 17.2 Å². The van der Waals surface area contributed by atoms with E-state index in [1.165, 1.54) is 11.1 Å². The molecule has 2 aromatic rings. The van der Waals surface area contributed by atoms with Gasteiger partial charge in [-0.05, 0) is 29.9 Å². The number of hydrogen-bond donors (Lipinski definition) is 2. The molecule has 142 valence electrons. The third-order valence-electron chi connectivity index (χ3n) is 5.68. The highest BCUT2D eigenvalue weighted by atomic mass is 16.4. The molecule has 1 aromatic carbocycles. The van der Waals surface area contributed by atoms with Crippen LogP contribution in [0.1, 0.15) is 51.6 Å². The number of aromatic carboxylic acids is 1. The van der Waals surface area contributed by atoms with Gasteiger partial charge < -0.3 is 15.1 Å². The largest absolute Gasteiger partial charge is 0.476 e. The maximum atomic E-state index is 12.9. The summed E-state index contributed by atoms with van der Waals surface area (Å²) < 4.78 is 1.56. The van der Waals surface area contributed by atoms with Gasteiger partial charge in [0.25, 0.3) is 0 Å². The fourth-order valence-corrected chi connectivity index (χ4v) is 4.35. The molecule has 1 aromatic heterocycles. The first kappa shape index (κ1) is 17.7. The van der Waals surface area contributed by atoms with E-state index in [-0.39, 0.29) is 37.2 Å². The van der Waals surface area contributed by atoms with Crippen molar-refractivity contribution in [3.8, 4) is 0 Å². The van der Waals surface area contributed by atoms with E-state index < -0.39 is 5.97 Å². The van der Waals surface area contributed by atoms with Crippen LogP contribution in [-0.4, -0.2) is 49.9 Å². The fraction of sp³-hybridized carbons (Fsp3) is 0.450. The zero-order valence-corrected chi connectivity index (χ0v) is 15.1. The van der Waals surface area contributed by atoms with Crippen LogP contribution in [0, 0.1) is 0 Å². The van der Waals surface area contributed by atoms with Gasteiger partial charge in [0, 0.05) is 37.2 Å². The summed E-state index contributed by atoms with van der Waals surface area (Å²) in [6, 6.07) is 8.29. The smallest absolute Gasteiger partial charge is 0.356 e. The fourth-order valence-electron chi connectivity index (χ4n) is 4.35. The Balaban J connectivity index is 1.51. The molecule has 0 unspecified atom stereocenters. The number of nitrogens with zero attached hydrogens (tertiary/aromatic N) is 3. The Morgan fingerprint density at radius 1 is 1.22 bits per heavy atom. The van der Waals surface area contributed by atoms with Crippen LogP contribution in [-0.2, 0) is 30.7 Å². The highest BCUT2D eigenvalue weighted by molar-refractivity contribution is 5.88. The van der Waals surface area contributed by atoms with Crippen LogP contribution >= 0.6 is 0 Å². The summed E-state index contributed by atoms with van der Waals surface area (Å²) in [4.78, 5) is 26.2. The first-order valence-corrected chi connectivity index (χ1v) is 9.36. The van der Waals surface area contributed by atoms with E-state index in [9.17, 15) is 19.8 Å². The normalized spacial score (nSPS) is 18.3. The summed E-state index contributed by atoms with van der Waals surface area (Å²) in [7, 11) is 0. The first-order valence-electron chi connectivity index (χ1n) is 9.36. The molecule has 1 aliphatic heterocycles.